The Hall–Kier alpha value is 0.0969. The summed E-state index contributed by atoms with van der Waals surface area (Å²) in [5.41, 5.74) is 0. The van der Waals surface area contributed by atoms with E-state index in [1.807, 2.05) is 0 Å². The molecule has 0 radical (unpaired) electrons. The molecule has 1 saturated heterocycles. The van der Waals surface area contributed by atoms with Crippen molar-refractivity contribution in [3.8, 4) is 0 Å². The standard InChI is InChI=1S/C12H24O3Si/c1-12(2,3)16(4,5)15-8-6-9(13)11-10(7-8)14-11/h8-11,13H,6-7H2,1-5H3/t8-,9+,10+,11-/m1/s1. The molecule has 1 aliphatic carbocycles. The summed E-state index contributed by atoms with van der Waals surface area (Å²) in [5, 5.41) is 10.0. The van der Waals surface area contributed by atoms with Crippen LogP contribution in [0.3, 0.4) is 0 Å². The number of epoxide rings is 1. The Labute approximate surface area is 99.3 Å². The van der Waals surface area contributed by atoms with Crippen LogP contribution in [0.4, 0.5) is 0 Å². The minimum atomic E-state index is -1.70. The van der Waals surface area contributed by atoms with Crippen LogP contribution in [0.25, 0.3) is 0 Å². The lowest BCUT2D eigenvalue weighted by molar-refractivity contribution is 0.0588. The third kappa shape index (κ3) is 2.35. The zero-order valence-corrected chi connectivity index (χ0v) is 12.0. The molecule has 0 aromatic heterocycles. The van der Waals surface area contributed by atoms with E-state index in [-0.39, 0.29) is 29.5 Å². The molecule has 4 atom stereocenters. The Morgan fingerprint density at radius 2 is 1.88 bits per heavy atom. The van der Waals surface area contributed by atoms with Crippen molar-refractivity contribution in [1.82, 2.24) is 0 Å². The van der Waals surface area contributed by atoms with E-state index in [4.69, 9.17) is 9.16 Å². The highest BCUT2D eigenvalue weighted by Gasteiger charge is 2.51. The van der Waals surface area contributed by atoms with E-state index in [9.17, 15) is 5.11 Å². The van der Waals surface area contributed by atoms with Gasteiger partial charge in [0.15, 0.2) is 8.32 Å². The molecule has 0 unspecified atom stereocenters. The van der Waals surface area contributed by atoms with E-state index in [0.717, 1.165) is 12.8 Å². The van der Waals surface area contributed by atoms with Gasteiger partial charge in [0, 0.05) is 12.8 Å². The van der Waals surface area contributed by atoms with Gasteiger partial charge in [-0.1, -0.05) is 20.8 Å². The van der Waals surface area contributed by atoms with Gasteiger partial charge in [-0.2, -0.15) is 0 Å². The van der Waals surface area contributed by atoms with E-state index >= 15 is 0 Å². The van der Waals surface area contributed by atoms with E-state index in [1.165, 1.54) is 0 Å². The zero-order valence-electron chi connectivity index (χ0n) is 11.0. The van der Waals surface area contributed by atoms with Crippen LogP contribution >= 0.6 is 0 Å². The third-order valence-electron chi connectivity index (χ3n) is 4.27. The van der Waals surface area contributed by atoms with Crippen molar-refractivity contribution >= 4 is 8.32 Å². The Morgan fingerprint density at radius 3 is 2.38 bits per heavy atom. The minimum Gasteiger partial charge on any atom is -0.414 e. The topological polar surface area (TPSA) is 42.0 Å². The molecule has 0 aromatic rings. The quantitative estimate of drug-likeness (QED) is 0.598. The summed E-state index contributed by atoms with van der Waals surface area (Å²) in [6.45, 7) is 11.3. The summed E-state index contributed by atoms with van der Waals surface area (Å²) in [7, 11) is -1.70. The largest absolute Gasteiger partial charge is 0.414 e. The fraction of sp³-hybridized carbons (Fsp3) is 1.00. The van der Waals surface area contributed by atoms with Crippen LogP contribution in [0.1, 0.15) is 33.6 Å². The Morgan fingerprint density at radius 1 is 1.25 bits per heavy atom. The van der Waals surface area contributed by atoms with E-state index in [1.54, 1.807) is 0 Å². The second-order valence-corrected chi connectivity index (χ2v) is 11.4. The van der Waals surface area contributed by atoms with Gasteiger partial charge in [-0.05, 0) is 18.1 Å². The van der Waals surface area contributed by atoms with Gasteiger partial charge in [0.05, 0.1) is 18.3 Å². The lowest BCUT2D eigenvalue weighted by atomic mass is 9.95. The average molecular weight is 244 g/mol. The Kier molecular flexibility index (Phi) is 2.98. The average Bonchev–Trinajstić information content (AvgIpc) is 2.80. The van der Waals surface area contributed by atoms with Gasteiger partial charge in [-0.3, -0.25) is 0 Å². The summed E-state index contributed by atoms with van der Waals surface area (Å²) in [6, 6.07) is 0. The summed E-state index contributed by atoms with van der Waals surface area (Å²) < 4.78 is 11.7. The summed E-state index contributed by atoms with van der Waals surface area (Å²) >= 11 is 0. The highest BCUT2D eigenvalue weighted by Crippen LogP contribution is 2.42. The van der Waals surface area contributed by atoms with Crippen molar-refractivity contribution in [3.05, 3.63) is 0 Å². The molecule has 2 aliphatic rings. The maximum Gasteiger partial charge on any atom is 0.192 e. The highest BCUT2D eigenvalue weighted by molar-refractivity contribution is 6.74. The third-order valence-corrected chi connectivity index (χ3v) is 8.80. The summed E-state index contributed by atoms with van der Waals surface area (Å²) in [5.74, 6) is 0. The monoisotopic (exact) mass is 244 g/mol. The Balaban J connectivity index is 1.94. The molecule has 0 aromatic carbocycles. The van der Waals surface area contributed by atoms with Crippen LogP contribution in [-0.2, 0) is 9.16 Å². The van der Waals surface area contributed by atoms with Crippen molar-refractivity contribution in [2.75, 3.05) is 0 Å². The van der Waals surface area contributed by atoms with Crippen LogP contribution in [0.5, 0.6) is 0 Å². The molecule has 1 saturated carbocycles. The predicted octanol–water partition coefficient (Wildman–Crippen LogP) is 2.30. The number of aliphatic hydroxyl groups excluding tert-OH is 1. The minimum absolute atomic E-state index is 0.110. The number of hydrogen-bond donors (Lipinski definition) is 1. The molecule has 0 bridgehead atoms. The SMILES string of the molecule is CC(C)(C)[Si](C)(C)O[C@H]1C[C@@H]2O[C@@H]2[C@@H](O)C1. The molecule has 1 heterocycles. The van der Waals surface area contributed by atoms with Crippen LogP contribution in [-0.4, -0.2) is 37.8 Å². The van der Waals surface area contributed by atoms with Gasteiger partial charge in [0.1, 0.15) is 6.10 Å². The highest BCUT2D eigenvalue weighted by atomic mass is 28.4. The number of hydrogen-bond acceptors (Lipinski definition) is 3. The first kappa shape index (κ1) is 12.6. The number of fused-ring (bicyclic) bond motifs is 1. The molecule has 2 fully saturated rings. The second-order valence-electron chi connectivity index (χ2n) is 6.68. The smallest absolute Gasteiger partial charge is 0.192 e. The molecule has 1 aliphatic heterocycles. The van der Waals surface area contributed by atoms with Crippen molar-refractivity contribution in [3.63, 3.8) is 0 Å². The molecule has 4 heteroatoms. The first-order valence-corrected chi connectivity index (χ1v) is 9.13. The van der Waals surface area contributed by atoms with Gasteiger partial charge in [0.25, 0.3) is 0 Å². The van der Waals surface area contributed by atoms with Gasteiger partial charge in [-0.25, -0.2) is 0 Å². The molecule has 0 amide bonds. The molecule has 16 heavy (non-hydrogen) atoms. The summed E-state index contributed by atoms with van der Waals surface area (Å²) in [6.07, 6.45) is 1.97. The van der Waals surface area contributed by atoms with Crippen molar-refractivity contribution in [1.29, 1.82) is 0 Å². The zero-order chi connectivity index (χ0) is 12.1. The molecule has 94 valence electrons. The normalized spacial score (nSPS) is 39.4. The molecule has 0 spiro atoms. The number of rotatable bonds is 2. The molecule has 2 rings (SSSR count). The Bertz CT molecular complexity index is 272. The van der Waals surface area contributed by atoms with Crippen molar-refractivity contribution < 1.29 is 14.3 Å². The van der Waals surface area contributed by atoms with Crippen LogP contribution in [0, 0.1) is 0 Å². The molecular weight excluding hydrogens is 220 g/mol. The van der Waals surface area contributed by atoms with Gasteiger partial charge in [-0.15, -0.1) is 0 Å². The summed E-state index contributed by atoms with van der Waals surface area (Å²) in [4.78, 5) is 0. The number of ether oxygens (including phenoxy) is 1. The van der Waals surface area contributed by atoms with Crippen molar-refractivity contribution in [2.24, 2.45) is 0 Å². The van der Waals surface area contributed by atoms with Crippen LogP contribution in [0.2, 0.25) is 18.1 Å². The second kappa shape index (κ2) is 3.80. The van der Waals surface area contributed by atoms with E-state index in [0.29, 0.717) is 0 Å². The van der Waals surface area contributed by atoms with Gasteiger partial charge < -0.3 is 14.3 Å². The van der Waals surface area contributed by atoms with Gasteiger partial charge in [0.2, 0.25) is 0 Å². The molecule has 1 N–H and O–H groups in total. The lowest BCUT2D eigenvalue weighted by Gasteiger charge is -2.40. The number of aliphatic hydroxyl groups is 1. The van der Waals surface area contributed by atoms with Crippen LogP contribution in [0.15, 0.2) is 0 Å². The van der Waals surface area contributed by atoms with E-state index in [2.05, 4.69) is 33.9 Å². The molecular formula is C12H24O3Si. The van der Waals surface area contributed by atoms with Crippen LogP contribution < -0.4 is 0 Å². The first-order chi connectivity index (χ1) is 7.21. The predicted molar refractivity (Wildman–Crippen MR) is 66.0 cm³/mol. The maximum absolute atomic E-state index is 9.80. The molecule has 3 nitrogen and oxygen atoms in total. The fourth-order valence-corrected chi connectivity index (χ4v) is 3.51. The van der Waals surface area contributed by atoms with E-state index < -0.39 is 8.32 Å². The fourth-order valence-electron chi connectivity index (χ4n) is 2.13. The maximum atomic E-state index is 9.80. The first-order valence-electron chi connectivity index (χ1n) is 6.22. The lowest BCUT2D eigenvalue weighted by Crippen LogP contribution is -2.46. The van der Waals surface area contributed by atoms with Gasteiger partial charge >= 0.3 is 0 Å². The van der Waals surface area contributed by atoms with Crippen molar-refractivity contribution in [2.45, 2.75) is 76.2 Å².